The van der Waals surface area contributed by atoms with Crippen molar-refractivity contribution >= 4 is 17.9 Å². The quantitative estimate of drug-likeness (QED) is 0.580. The molecule has 3 N–H and O–H groups in total. The molecule has 0 unspecified atom stereocenters. The molecule has 0 spiro atoms. The van der Waals surface area contributed by atoms with Gasteiger partial charge in [-0.15, -0.1) is 0 Å². The number of aromatic nitrogens is 2. The van der Waals surface area contributed by atoms with Crippen LogP contribution in [0.4, 0.5) is 18.0 Å². The number of nitrogens with one attached hydrogen (secondary N) is 2. The molecule has 9 nitrogen and oxygen atoms in total. The van der Waals surface area contributed by atoms with Gasteiger partial charge in [0.2, 0.25) is 5.91 Å². The molecule has 2 aromatic rings. The van der Waals surface area contributed by atoms with Crippen molar-refractivity contribution < 1.29 is 32.7 Å². The molecule has 12 heteroatoms. The number of rotatable bonds is 6. The van der Waals surface area contributed by atoms with Crippen molar-refractivity contribution in [3.8, 4) is 5.69 Å². The molecule has 2 heterocycles. The van der Waals surface area contributed by atoms with E-state index in [4.69, 9.17) is 5.11 Å². The van der Waals surface area contributed by atoms with Crippen LogP contribution in [-0.4, -0.2) is 63.9 Å². The van der Waals surface area contributed by atoms with Crippen molar-refractivity contribution in [3.63, 3.8) is 0 Å². The summed E-state index contributed by atoms with van der Waals surface area (Å²) in [5.74, 6) is -1.58. The average Bonchev–Trinajstić information content (AvgIpc) is 3.23. The molecule has 3 amide bonds. The van der Waals surface area contributed by atoms with Crippen LogP contribution in [-0.2, 0) is 11.0 Å². The molecule has 0 bridgehead atoms. The number of halogens is 3. The van der Waals surface area contributed by atoms with E-state index in [-0.39, 0.29) is 38.0 Å². The maximum atomic E-state index is 13.4. The highest BCUT2D eigenvalue weighted by Gasteiger charge is 2.39. The van der Waals surface area contributed by atoms with Gasteiger partial charge in [0.25, 0.3) is 5.91 Å². The average molecular weight is 453 g/mol. The molecule has 172 valence electrons. The highest BCUT2D eigenvalue weighted by Crippen LogP contribution is 2.31. The molecule has 3 rings (SSSR count). The number of carboxylic acid groups (broad SMARTS) is 1. The minimum Gasteiger partial charge on any atom is -0.465 e. The van der Waals surface area contributed by atoms with Gasteiger partial charge in [-0.2, -0.15) is 18.3 Å². The van der Waals surface area contributed by atoms with Crippen LogP contribution in [0.1, 0.15) is 28.9 Å². The molecule has 32 heavy (non-hydrogen) atoms. The van der Waals surface area contributed by atoms with Crippen molar-refractivity contribution in [1.82, 2.24) is 25.3 Å². The molecular weight excluding hydrogens is 431 g/mol. The smallest absolute Gasteiger partial charge is 0.435 e. The minimum atomic E-state index is -4.81. The van der Waals surface area contributed by atoms with Gasteiger partial charge in [0, 0.05) is 38.3 Å². The van der Waals surface area contributed by atoms with E-state index < -0.39 is 29.4 Å². The molecule has 1 aliphatic rings. The lowest BCUT2D eigenvalue weighted by atomic mass is 9.96. The number of likely N-dealkylation sites (tertiary alicyclic amines) is 1. The van der Waals surface area contributed by atoms with Crippen molar-refractivity contribution in [2.75, 3.05) is 26.2 Å². The van der Waals surface area contributed by atoms with E-state index in [0.29, 0.717) is 18.5 Å². The third kappa shape index (κ3) is 5.56. The summed E-state index contributed by atoms with van der Waals surface area (Å²) in [7, 11) is 0. The summed E-state index contributed by atoms with van der Waals surface area (Å²) in [4.78, 5) is 36.7. The summed E-state index contributed by atoms with van der Waals surface area (Å²) in [5, 5.41) is 17.4. The minimum absolute atomic E-state index is 0.0257. The van der Waals surface area contributed by atoms with Crippen LogP contribution in [0.2, 0.25) is 0 Å². The van der Waals surface area contributed by atoms with E-state index >= 15 is 0 Å². The second-order valence-corrected chi connectivity index (χ2v) is 7.26. The van der Waals surface area contributed by atoms with E-state index in [1.54, 1.807) is 30.3 Å². The first-order chi connectivity index (χ1) is 15.2. The maximum absolute atomic E-state index is 13.4. The Labute approximate surface area is 181 Å². The van der Waals surface area contributed by atoms with Gasteiger partial charge in [-0.25, -0.2) is 9.48 Å². The number of piperidine rings is 1. The second-order valence-electron chi connectivity index (χ2n) is 7.26. The van der Waals surface area contributed by atoms with Gasteiger partial charge < -0.3 is 20.6 Å². The summed E-state index contributed by atoms with van der Waals surface area (Å²) in [6, 6.07) is 8.10. The van der Waals surface area contributed by atoms with Crippen LogP contribution in [0.15, 0.2) is 36.5 Å². The van der Waals surface area contributed by atoms with Gasteiger partial charge in [0.05, 0.1) is 11.3 Å². The zero-order chi connectivity index (χ0) is 23.3. The van der Waals surface area contributed by atoms with E-state index in [2.05, 4.69) is 15.7 Å². The van der Waals surface area contributed by atoms with Gasteiger partial charge in [-0.05, 0) is 25.0 Å². The molecule has 0 aliphatic carbocycles. The Morgan fingerprint density at radius 1 is 1.06 bits per heavy atom. The van der Waals surface area contributed by atoms with Crippen molar-refractivity contribution in [1.29, 1.82) is 0 Å². The summed E-state index contributed by atoms with van der Waals surface area (Å²) in [6.45, 7) is 0.468. The highest BCUT2D eigenvalue weighted by atomic mass is 19.4. The zero-order valence-electron chi connectivity index (χ0n) is 16.9. The Morgan fingerprint density at radius 2 is 1.69 bits per heavy atom. The number of hydrogen-bond donors (Lipinski definition) is 3. The summed E-state index contributed by atoms with van der Waals surface area (Å²) >= 11 is 0. The lowest BCUT2D eigenvalue weighted by molar-refractivity contribution is -0.141. The van der Waals surface area contributed by atoms with E-state index in [1.165, 1.54) is 4.90 Å². The SMILES string of the molecule is O=C(NCCNC(=O)C1CCN(C(=O)O)CC1)c1cn(-c2ccccc2)nc1C(F)(F)F. The first-order valence-electron chi connectivity index (χ1n) is 9.93. The van der Waals surface area contributed by atoms with Crippen LogP contribution in [0.5, 0.6) is 0 Å². The summed E-state index contributed by atoms with van der Waals surface area (Å²) < 4.78 is 41.1. The van der Waals surface area contributed by atoms with E-state index in [1.807, 2.05) is 0 Å². The van der Waals surface area contributed by atoms with Gasteiger partial charge in [0.15, 0.2) is 5.69 Å². The molecule has 0 saturated carbocycles. The fourth-order valence-corrected chi connectivity index (χ4v) is 3.40. The summed E-state index contributed by atoms with van der Waals surface area (Å²) in [5.41, 5.74) is -1.54. The van der Waals surface area contributed by atoms with E-state index in [9.17, 15) is 27.6 Å². The predicted molar refractivity (Wildman–Crippen MR) is 106 cm³/mol. The number of nitrogens with zero attached hydrogens (tertiary/aromatic N) is 3. The van der Waals surface area contributed by atoms with Gasteiger partial charge in [-0.1, -0.05) is 18.2 Å². The molecule has 1 saturated heterocycles. The predicted octanol–water partition coefficient (Wildman–Crippen LogP) is 2.13. The lowest BCUT2D eigenvalue weighted by Crippen LogP contribution is -2.44. The third-order valence-corrected chi connectivity index (χ3v) is 5.09. The molecule has 0 radical (unpaired) electrons. The Hall–Kier alpha value is -3.57. The van der Waals surface area contributed by atoms with Gasteiger partial charge >= 0.3 is 12.3 Å². The van der Waals surface area contributed by atoms with Crippen molar-refractivity contribution in [2.45, 2.75) is 19.0 Å². The largest absolute Gasteiger partial charge is 0.465 e. The number of carbonyl (C=O) groups is 3. The van der Waals surface area contributed by atoms with Crippen LogP contribution >= 0.6 is 0 Å². The molecule has 0 atom stereocenters. The van der Waals surface area contributed by atoms with Crippen molar-refractivity contribution in [3.05, 3.63) is 47.8 Å². The zero-order valence-corrected chi connectivity index (χ0v) is 16.9. The number of amides is 3. The monoisotopic (exact) mass is 453 g/mol. The number of para-hydroxylation sites is 1. The Bertz CT molecular complexity index is 969. The van der Waals surface area contributed by atoms with Crippen molar-refractivity contribution in [2.24, 2.45) is 5.92 Å². The van der Waals surface area contributed by atoms with Gasteiger partial charge in [-0.3, -0.25) is 9.59 Å². The van der Waals surface area contributed by atoms with Crippen LogP contribution < -0.4 is 10.6 Å². The Balaban J connectivity index is 1.54. The standard InChI is InChI=1S/C20H22F3N5O4/c21-20(22,23)16-15(12-28(26-16)14-4-2-1-3-5-14)18(30)25-9-8-24-17(29)13-6-10-27(11-7-13)19(31)32/h1-5,12-13H,6-11H2,(H,24,29)(H,25,30)(H,31,32). The molecule has 1 aromatic heterocycles. The first kappa shape index (κ1) is 23.1. The van der Waals surface area contributed by atoms with Crippen LogP contribution in [0.3, 0.4) is 0 Å². The Morgan fingerprint density at radius 3 is 2.28 bits per heavy atom. The highest BCUT2D eigenvalue weighted by molar-refractivity contribution is 5.95. The molecule has 1 fully saturated rings. The van der Waals surface area contributed by atoms with Crippen LogP contribution in [0.25, 0.3) is 5.69 Å². The number of alkyl halides is 3. The normalized spacial score (nSPS) is 14.8. The fraction of sp³-hybridized carbons (Fsp3) is 0.400. The second kappa shape index (κ2) is 9.71. The number of hydrogen-bond acceptors (Lipinski definition) is 4. The lowest BCUT2D eigenvalue weighted by Gasteiger charge is -2.29. The first-order valence-corrected chi connectivity index (χ1v) is 9.93. The van der Waals surface area contributed by atoms with Crippen LogP contribution in [0, 0.1) is 5.92 Å². The van der Waals surface area contributed by atoms with E-state index in [0.717, 1.165) is 10.9 Å². The number of carbonyl (C=O) groups excluding carboxylic acids is 2. The molecule has 1 aromatic carbocycles. The molecule has 1 aliphatic heterocycles. The van der Waals surface area contributed by atoms with Gasteiger partial charge in [0.1, 0.15) is 0 Å². The topological polar surface area (TPSA) is 117 Å². The number of benzene rings is 1. The summed E-state index contributed by atoms with van der Waals surface area (Å²) in [6.07, 6.45) is -4.05. The third-order valence-electron chi connectivity index (χ3n) is 5.09. The fourth-order valence-electron chi connectivity index (χ4n) is 3.40. The maximum Gasteiger partial charge on any atom is 0.435 e. The Kier molecular flexibility index (Phi) is 7.01. The molecular formula is C20H22F3N5O4.